The summed E-state index contributed by atoms with van der Waals surface area (Å²) in [5, 5.41) is 9.94. The van der Waals surface area contributed by atoms with Crippen LogP contribution in [0.1, 0.15) is 69.1 Å². The van der Waals surface area contributed by atoms with Gasteiger partial charge in [-0.1, -0.05) is 44.6 Å². The van der Waals surface area contributed by atoms with Gasteiger partial charge in [-0.25, -0.2) is 9.59 Å². The Balaban J connectivity index is 1.55. The molecule has 3 rings (SSSR count). The van der Waals surface area contributed by atoms with E-state index in [1.54, 1.807) is 0 Å². The number of unbranched alkanes of at least 4 members (excludes halogenated alkanes) is 7. The molecule has 2 aliphatic heterocycles. The van der Waals surface area contributed by atoms with E-state index in [0.29, 0.717) is 18.4 Å². The summed E-state index contributed by atoms with van der Waals surface area (Å²) in [6.07, 6.45) is 6.41. The number of carbonyl (C=O) groups excluding carboxylic acids is 4. The van der Waals surface area contributed by atoms with Crippen molar-refractivity contribution in [3.05, 3.63) is 33.7 Å². The molecule has 0 spiro atoms. The average Bonchev–Trinajstić information content (AvgIpc) is 3.45. The van der Waals surface area contributed by atoms with Crippen LogP contribution in [0.4, 0.5) is 4.79 Å². The number of ketones is 1. The number of amides is 2. The molecule has 2 atom stereocenters. The number of methoxy groups -OCH3 is 1. The van der Waals surface area contributed by atoms with Gasteiger partial charge in [0.2, 0.25) is 0 Å². The van der Waals surface area contributed by atoms with Gasteiger partial charge in [0.15, 0.2) is 5.60 Å². The fraction of sp³-hybridized carbons (Fsp3) is 0.607. The maximum Gasteiger partial charge on any atom is 0.404 e. The number of thioether (sulfide) groups is 1. The molecule has 1 fully saturated rings. The van der Waals surface area contributed by atoms with Crippen LogP contribution in [0.5, 0.6) is 0 Å². The second kappa shape index (κ2) is 15.9. The fourth-order valence-electron chi connectivity index (χ4n) is 4.97. The van der Waals surface area contributed by atoms with E-state index < -0.39 is 34.9 Å². The second-order valence-corrected chi connectivity index (χ2v) is 12.2. The molecule has 1 saturated heterocycles. The number of hydrogen-bond donors (Lipinski definition) is 2. The molecule has 3 N–H and O–H groups in total. The number of fused-ring (bicyclic) bond motifs is 1. The number of carboxylic acids is 1. The van der Waals surface area contributed by atoms with Crippen molar-refractivity contribution in [2.24, 2.45) is 5.73 Å². The Bertz CT molecular complexity index is 1120. The summed E-state index contributed by atoms with van der Waals surface area (Å²) < 4.78 is 16.1. The molecule has 0 bridgehead atoms. The Labute approximate surface area is 247 Å². The van der Waals surface area contributed by atoms with Crippen molar-refractivity contribution < 1.29 is 43.3 Å². The number of nitrogens with two attached hydrogens (primary N) is 1. The Morgan fingerprint density at radius 1 is 1.07 bits per heavy atom. The number of nitrogens with zero attached hydrogens (tertiary/aromatic N) is 1. The third kappa shape index (κ3) is 8.79. The number of carbonyl (C=O) groups is 5. The maximum absolute atomic E-state index is 13.5. The average molecular weight is 611 g/mol. The van der Waals surface area contributed by atoms with Crippen molar-refractivity contribution in [1.29, 1.82) is 0 Å². The number of esters is 1. The largest absolute Gasteiger partial charge is 0.481 e. The normalized spacial score (nSPS) is 19.9. The first-order valence-electron chi connectivity index (χ1n) is 13.8. The minimum absolute atomic E-state index is 0.0136. The van der Waals surface area contributed by atoms with E-state index in [0.717, 1.165) is 43.4 Å². The SMILES string of the molecule is CO[C@@]1(CC(=O)Cc2cccs2)C(=O)N2C(C(=O)OCCCCCCCCCCC(=O)O)=C(COC(N)=O)CS[C@@H]21. The molecule has 11 nitrogen and oxygen atoms in total. The van der Waals surface area contributed by atoms with Crippen LogP contribution in [0.2, 0.25) is 0 Å². The first kappa shape index (κ1) is 32.6. The van der Waals surface area contributed by atoms with Crippen LogP contribution in [0.15, 0.2) is 28.8 Å². The lowest BCUT2D eigenvalue weighted by molar-refractivity contribution is -0.186. The van der Waals surface area contributed by atoms with Gasteiger partial charge in [0.25, 0.3) is 5.91 Å². The molecule has 2 aliphatic rings. The molecule has 0 unspecified atom stereocenters. The van der Waals surface area contributed by atoms with Gasteiger partial charge < -0.3 is 25.1 Å². The zero-order valence-electron chi connectivity index (χ0n) is 23.3. The Morgan fingerprint density at radius 3 is 2.37 bits per heavy atom. The molecule has 2 amide bonds. The smallest absolute Gasteiger partial charge is 0.404 e. The summed E-state index contributed by atoms with van der Waals surface area (Å²) in [7, 11) is 1.39. The van der Waals surface area contributed by atoms with Crippen molar-refractivity contribution in [3.8, 4) is 0 Å². The Morgan fingerprint density at radius 2 is 1.76 bits per heavy atom. The summed E-state index contributed by atoms with van der Waals surface area (Å²) >= 11 is 2.79. The molecule has 3 heterocycles. The minimum atomic E-state index is -1.39. The van der Waals surface area contributed by atoms with E-state index >= 15 is 0 Å². The predicted molar refractivity (Wildman–Crippen MR) is 153 cm³/mol. The number of ether oxygens (including phenoxy) is 3. The van der Waals surface area contributed by atoms with E-state index in [1.165, 1.54) is 35.1 Å². The lowest BCUT2D eigenvalue weighted by Crippen LogP contribution is -2.75. The van der Waals surface area contributed by atoms with E-state index in [4.69, 9.17) is 25.1 Å². The summed E-state index contributed by atoms with van der Waals surface area (Å²) in [6.45, 7) is -0.0908. The summed E-state index contributed by atoms with van der Waals surface area (Å²) in [5.41, 5.74) is 4.15. The van der Waals surface area contributed by atoms with Crippen LogP contribution in [-0.2, 0) is 39.8 Å². The molecular formula is C28H38N2O9S2. The Hall–Kier alpha value is -2.90. The van der Waals surface area contributed by atoms with Gasteiger partial charge in [0.1, 0.15) is 23.5 Å². The van der Waals surface area contributed by atoms with Gasteiger partial charge in [-0.15, -0.1) is 23.1 Å². The molecule has 0 aliphatic carbocycles. The number of thiophene rings is 1. The lowest BCUT2D eigenvalue weighted by atomic mass is 9.84. The molecule has 0 radical (unpaired) electrons. The zero-order valence-corrected chi connectivity index (χ0v) is 24.9. The highest BCUT2D eigenvalue weighted by molar-refractivity contribution is 8.00. The predicted octanol–water partition coefficient (Wildman–Crippen LogP) is 4.04. The topological polar surface area (TPSA) is 163 Å². The second-order valence-electron chi connectivity index (χ2n) is 10.1. The third-order valence-corrected chi connectivity index (χ3v) is 9.38. The molecule has 0 saturated carbocycles. The number of carboxylic acid groups (broad SMARTS) is 1. The highest BCUT2D eigenvalue weighted by Crippen LogP contribution is 2.50. The van der Waals surface area contributed by atoms with Crippen molar-refractivity contribution >= 4 is 52.8 Å². The Kier molecular flexibility index (Phi) is 12.7. The van der Waals surface area contributed by atoms with Crippen LogP contribution >= 0.6 is 23.1 Å². The van der Waals surface area contributed by atoms with E-state index in [2.05, 4.69) is 0 Å². The van der Waals surface area contributed by atoms with Gasteiger partial charge in [0.05, 0.1) is 6.61 Å². The van der Waals surface area contributed by atoms with E-state index in [9.17, 15) is 24.0 Å². The molecule has 41 heavy (non-hydrogen) atoms. The molecule has 1 aromatic heterocycles. The monoisotopic (exact) mass is 610 g/mol. The van der Waals surface area contributed by atoms with E-state index in [1.807, 2.05) is 17.5 Å². The van der Waals surface area contributed by atoms with Crippen LogP contribution < -0.4 is 5.73 Å². The quantitative estimate of drug-likeness (QED) is 0.133. The van der Waals surface area contributed by atoms with Gasteiger partial charge in [-0.2, -0.15) is 0 Å². The fourth-order valence-corrected chi connectivity index (χ4v) is 7.19. The van der Waals surface area contributed by atoms with Gasteiger partial charge in [-0.3, -0.25) is 19.3 Å². The first-order chi connectivity index (χ1) is 19.7. The zero-order chi connectivity index (χ0) is 29.8. The minimum Gasteiger partial charge on any atom is -0.481 e. The summed E-state index contributed by atoms with van der Waals surface area (Å²) in [6, 6.07) is 3.72. The first-order valence-corrected chi connectivity index (χ1v) is 15.7. The van der Waals surface area contributed by atoms with Crippen molar-refractivity contribution in [1.82, 2.24) is 4.90 Å². The molecule has 13 heteroatoms. The van der Waals surface area contributed by atoms with E-state index in [-0.39, 0.29) is 49.7 Å². The highest BCUT2D eigenvalue weighted by atomic mass is 32.2. The number of hydrogen-bond acceptors (Lipinski definition) is 10. The van der Waals surface area contributed by atoms with Gasteiger partial charge >= 0.3 is 18.0 Å². The molecular weight excluding hydrogens is 572 g/mol. The van der Waals surface area contributed by atoms with Crippen LogP contribution in [0.3, 0.4) is 0 Å². The van der Waals surface area contributed by atoms with Crippen LogP contribution in [0.25, 0.3) is 0 Å². The number of β-lactam (4-membered cyclic amide) rings is 1. The van der Waals surface area contributed by atoms with Crippen LogP contribution in [-0.4, -0.2) is 76.8 Å². The molecule has 1 aromatic rings. The van der Waals surface area contributed by atoms with Crippen molar-refractivity contribution in [3.63, 3.8) is 0 Å². The number of aliphatic carboxylic acids is 1. The summed E-state index contributed by atoms with van der Waals surface area (Å²) in [5.74, 6) is -1.84. The maximum atomic E-state index is 13.5. The molecule has 0 aromatic carbocycles. The third-order valence-electron chi connectivity index (χ3n) is 7.08. The number of primary amides is 1. The van der Waals surface area contributed by atoms with Crippen LogP contribution in [0, 0.1) is 0 Å². The number of rotatable bonds is 19. The molecule has 226 valence electrons. The summed E-state index contributed by atoms with van der Waals surface area (Å²) in [4.78, 5) is 63.5. The number of Topliss-reactive ketones (excluding diaryl/α,β-unsaturated/α-hetero) is 1. The standard InChI is InChI=1S/C28H38N2O9S2/c1-37-28(16-20(31)15-21-11-10-14-40-21)25(35)30-23(19(17-39-27(29)36)18-41-26(28)30)24(34)38-13-9-7-5-3-2-4-6-8-12-22(32)33/h10-11,14,26H,2-9,12-13,15-18H2,1H3,(H2,29,36)(H,32,33)/t26-,28+/m1/s1. The lowest BCUT2D eigenvalue weighted by Gasteiger charge is -2.56. The van der Waals surface area contributed by atoms with Crippen molar-refractivity contribution in [2.75, 3.05) is 26.1 Å². The highest BCUT2D eigenvalue weighted by Gasteiger charge is 2.66. The van der Waals surface area contributed by atoms with Gasteiger partial charge in [0, 0.05) is 42.6 Å². The van der Waals surface area contributed by atoms with Gasteiger partial charge in [-0.05, 0) is 24.3 Å². The van der Waals surface area contributed by atoms with Crippen molar-refractivity contribution in [2.45, 2.75) is 81.6 Å².